The smallest absolute Gasteiger partial charge is 0.223 e. The van der Waals surface area contributed by atoms with Gasteiger partial charge in [0, 0.05) is 13.2 Å². The third-order valence-electron chi connectivity index (χ3n) is 4.48. The van der Waals surface area contributed by atoms with Crippen molar-refractivity contribution in [1.29, 1.82) is 0 Å². The summed E-state index contributed by atoms with van der Waals surface area (Å²) < 4.78 is 11.6. The first-order valence-corrected chi connectivity index (χ1v) is 9.23. The molecular weight excluding hydrogens is 302 g/mol. The molecule has 0 unspecified atom stereocenters. The topological polar surface area (TPSA) is 47.6 Å². The molecule has 1 aliphatic carbocycles. The number of carbonyl (C=O) groups is 1. The molecule has 0 saturated heterocycles. The van der Waals surface area contributed by atoms with Crippen LogP contribution in [-0.2, 0) is 9.53 Å². The fourth-order valence-corrected chi connectivity index (χ4v) is 2.99. The molecule has 1 amide bonds. The lowest BCUT2D eigenvalue weighted by Crippen LogP contribution is -2.27. The molecule has 134 valence electrons. The van der Waals surface area contributed by atoms with Crippen molar-refractivity contribution in [2.24, 2.45) is 0 Å². The number of amides is 1. The van der Waals surface area contributed by atoms with Crippen molar-refractivity contribution in [3.05, 3.63) is 29.3 Å². The lowest BCUT2D eigenvalue weighted by Gasteiger charge is -2.21. The highest BCUT2D eigenvalue weighted by Gasteiger charge is 2.13. The van der Waals surface area contributed by atoms with Crippen LogP contribution in [0, 0.1) is 13.8 Å². The Bertz CT molecular complexity index is 510. The van der Waals surface area contributed by atoms with Gasteiger partial charge in [-0.25, -0.2) is 0 Å². The van der Waals surface area contributed by atoms with Crippen LogP contribution in [0.4, 0.5) is 0 Å². The van der Waals surface area contributed by atoms with Crippen LogP contribution in [-0.4, -0.2) is 31.8 Å². The van der Waals surface area contributed by atoms with Crippen LogP contribution >= 0.6 is 0 Å². The van der Waals surface area contributed by atoms with E-state index in [2.05, 4.69) is 11.4 Å². The van der Waals surface area contributed by atoms with Gasteiger partial charge in [-0.1, -0.05) is 31.4 Å². The van der Waals surface area contributed by atoms with E-state index >= 15 is 0 Å². The minimum atomic E-state index is 0.0398. The first-order chi connectivity index (χ1) is 11.6. The van der Waals surface area contributed by atoms with E-state index in [-0.39, 0.29) is 5.91 Å². The minimum absolute atomic E-state index is 0.0398. The first kappa shape index (κ1) is 18.8. The van der Waals surface area contributed by atoms with E-state index < -0.39 is 0 Å². The van der Waals surface area contributed by atoms with Gasteiger partial charge in [0.15, 0.2) is 0 Å². The van der Waals surface area contributed by atoms with Crippen molar-refractivity contribution in [3.8, 4) is 5.75 Å². The van der Waals surface area contributed by atoms with Crippen molar-refractivity contribution in [3.63, 3.8) is 0 Å². The number of hydrogen-bond donors (Lipinski definition) is 1. The maximum atomic E-state index is 11.8. The molecule has 2 rings (SSSR count). The van der Waals surface area contributed by atoms with E-state index in [0.29, 0.717) is 25.7 Å². The van der Waals surface area contributed by atoms with Gasteiger partial charge in [-0.15, -0.1) is 0 Å². The van der Waals surface area contributed by atoms with Crippen LogP contribution in [0.25, 0.3) is 0 Å². The second-order valence-corrected chi connectivity index (χ2v) is 6.70. The number of carbonyl (C=O) groups excluding carboxylic acids is 1. The predicted molar refractivity (Wildman–Crippen MR) is 96.5 cm³/mol. The number of rotatable bonds is 9. The monoisotopic (exact) mass is 333 g/mol. The summed E-state index contributed by atoms with van der Waals surface area (Å²) in [7, 11) is 0. The van der Waals surface area contributed by atoms with E-state index in [1.165, 1.54) is 32.1 Å². The van der Waals surface area contributed by atoms with Gasteiger partial charge >= 0.3 is 0 Å². The molecule has 0 bridgehead atoms. The second kappa shape index (κ2) is 10.3. The van der Waals surface area contributed by atoms with Gasteiger partial charge in [-0.2, -0.15) is 0 Å². The zero-order chi connectivity index (χ0) is 17.2. The Labute approximate surface area is 145 Å². The van der Waals surface area contributed by atoms with Gasteiger partial charge in [-0.05, 0) is 50.3 Å². The highest BCUT2D eigenvalue weighted by Crippen LogP contribution is 2.20. The van der Waals surface area contributed by atoms with E-state index in [1.807, 2.05) is 26.0 Å². The summed E-state index contributed by atoms with van der Waals surface area (Å²) in [6.45, 7) is 5.88. The summed E-state index contributed by atoms with van der Waals surface area (Å²) in [5.41, 5.74) is 2.26. The third-order valence-corrected chi connectivity index (χ3v) is 4.48. The van der Waals surface area contributed by atoms with Gasteiger partial charge < -0.3 is 14.8 Å². The lowest BCUT2D eigenvalue weighted by molar-refractivity contribution is -0.121. The molecule has 1 saturated carbocycles. The predicted octanol–water partition coefficient (Wildman–Crippen LogP) is 3.93. The fourth-order valence-electron chi connectivity index (χ4n) is 2.99. The molecule has 1 aromatic rings. The van der Waals surface area contributed by atoms with Crippen LogP contribution in [0.15, 0.2) is 18.2 Å². The zero-order valence-electron chi connectivity index (χ0n) is 15.1. The summed E-state index contributed by atoms with van der Waals surface area (Å²) >= 11 is 0. The molecule has 4 heteroatoms. The van der Waals surface area contributed by atoms with E-state index in [4.69, 9.17) is 9.47 Å². The summed E-state index contributed by atoms with van der Waals surface area (Å²) in [5.74, 6) is 0.904. The van der Waals surface area contributed by atoms with E-state index in [9.17, 15) is 4.79 Å². The summed E-state index contributed by atoms with van der Waals surface area (Å²) in [5, 5.41) is 2.93. The molecule has 0 aromatic heterocycles. The molecule has 0 aliphatic heterocycles. The van der Waals surface area contributed by atoms with Crippen LogP contribution in [0.2, 0.25) is 0 Å². The Morgan fingerprint density at radius 1 is 1.17 bits per heavy atom. The molecule has 1 aromatic carbocycles. The Morgan fingerprint density at radius 3 is 2.75 bits per heavy atom. The third kappa shape index (κ3) is 6.91. The Balaban J connectivity index is 1.51. The maximum Gasteiger partial charge on any atom is 0.223 e. The molecule has 4 nitrogen and oxygen atoms in total. The van der Waals surface area contributed by atoms with Crippen molar-refractivity contribution in [2.75, 3.05) is 19.8 Å². The van der Waals surface area contributed by atoms with Crippen LogP contribution in [0.3, 0.4) is 0 Å². The Hall–Kier alpha value is -1.55. The average Bonchev–Trinajstić information content (AvgIpc) is 2.58. The van der Waals surface area contributed by atoms with Crippen LogP contribution in [0.1, 0.15) is 56.1 Å². The second-order valence-electron chi connectivity index (χ2n) is 6.70. The van der Waals surface area contributed by atoms with Crippen molar-refractivity contribution in [1.82, 2.24) is 5.32 Å². The molecule has 1 fully saturated rings. The summed E-state index contributed by atoms with van der Waals surface area (Å²) in [6, 6.07) is 6.11. The number of hydrogen-bond acceptors (Lipinski definition) is 3. The summed E-state index contributed by atoms with van der Waals surface area (Å²) in [6.07, 6.45) is 8.03. The van der Waals surface area contributed by atoms with Crippen molar-refractivity contribution in [2.45, 2.75) is 64.9 Å². The highest BCUT2D eigenvalue weighted by atomic mass is 16.5. The average molecular weight is 333 g/mol. The van der Waals surface area contributed by atoms with Crippen LogP contribution in [0.5, 0.6) is 5.75 Å². The van der Waals surface area contributed by atoms with Crippen LogP contribution < -0.4 is 10.1 Å². The summed E-state index contributed by atoms with van der Waals surface area (Å²) in [4.78, 5) is 11.8. The maximum absolute atomic E-state index is 11.8. The van der Waals surface area contributed by atoms with Gasteiger partial charge in [0.25, 0.3) is 0 Å². The lowest BCUT2D eigenvalue weighted by atomic mass is 9.98. The van der Waals surface area contributed by atoms with E-state index in [1.54, 1.807) is 0 Å². The number of benzene rings is 1. The van der Waals surface area contributed by atoms with Gasteiger partial charge in [0.2, 0.25) is 5.91 Å². The molecule has 0 heterocycles. The molecule has 24 heavy (non-hydrogen) atoms. The molecule has 1 N–H and O–H groups in total. The Kier molecular flexibility index (Phi) is 8.10. The number of ether oxygens (including phenoxy) is 2. The van der Waals surface area contributed by atoms with Crippen molar-refractivity contribution < 1.29 is 14.3 Å². The largest absolute Gasteiger partial charge is 0.493 e. The number of aryl methyl sites for hydroxylation is 2. The van der Waals surface area contributed by atoms with Gasteiger partial charge in [0.1, 0.15) is 5.75 Å². The molecule has 0 spiro atoms. The molecule has 0 atom stereocenters. The van der Waals surface area contributed by atoms with Crippen molar-refractivity contribution >= 4 is 5.91 Å². The van der Waals surface area contributed by atoms with E-state index in [0.717, 1.165) is 29.9 Å². The number of nitrogens with one attached hydrogen (secondary N) is 1. The quantitative estimate of drug-likeness (QED) is 0.697. The minimum Gasteiger partial charge on any atom is -0.493 e. The standard InChI is InChI=1S/C20H31NO3/c1-16-9-10-17(2)19(15-16)24-14-11-20(22)21-12-6-13-23-18-7-4-3-5-8-18/h9-10,15,18H,3-8,11-14H2,1-2H3,(H,21,22). The van der Waals surface area contributed by atoms with Gasteiger partial charge in [0.05, 0.1) is 19.1 Å². The highest BCUT2D eigenvalue weighted by molar-refractivity contribution is 5.75. The molecule has 0 radical (unpaired) electrons. The zero-order valence-corrected chi connectivity index (χ0v) is 15.1. The Morgan fingerprint density at radius 2 is 1.96 bits per heavy atom. The fraction of sp³-hybridized carbons (Fsp3) is 0.650. The normalized spacial score (nSPS) is 15.2. The first-order valence-electron chi connectivity index (χ1n) is 9.23. The van der Waals surface area contributed by atoms with Gasteiger partial charge in [-0.3, -0.25) is 4.79 Å². The molecular formula is C20H31NO3. The SMILES string of the molecule is Cc1ccc(C)c(OCCC(=O)NCCCOC2CCCCC2)c1. The molecule has 1 aliphatic rings.